The Kier molecular flexibility index (Phi) is 2.51. The molecule has 2 aromatic heterocycles. The first-order valence-electron chi connectivity index (χ1n) is 4.39. The summed E-state index contributed by atoms with van der Waals surface area (Å²) in [5.41, 5.74) is 7.69. The van der Waals surface area contributed by atoms with E-state index in [4.69, 9.17) is 17.3 Å². The Morgan fingerprint density at radius 2 is 2.07 bits per heavy atom. The quantitative estimate of drug-likeness (QED) is 0.748. The van der Waals surface area contributed by atoms with E-state index >= 15 is 0 Å². The number of hydrogen-bond acceptors (Lipinski definition) is 4. The predicted octanol–water partition coefficient (Wildman–Crippen LogP) is 2.08. The molecule has 0 unspecified atom stereocenters. The van der Waals surface area contributed by atoms with Crippen molar-refractivity contribution < 1.29 is 0 Å². The fourth-order valence-electron chi connectivity index (χ4n) is 1.36. The van der Waals surface area contributed by atoms with Gasteiger partial charge in [-0.25, -0.2) is 9.97 Å². The second-order valence-electron chi connectivity index (χ2n) is 3.05. The summed E-state index contributed by atoms with van der Waals surface area (Å²) >= 11 is 6.00. The van der Waals surface area contributed by atoms with Gasteiger partial charge in [0.15, 0.2) is 0 Å². The number of nitrogens with zero attached hydrogens (tertiary/aromatic N) is 3. The van der Waals surface area contributed by atoms with Crippen LogP contribution in [0, 0.1) is 6.92 Å². The van der Waals surface area contributed by atoms with E-state index < -0.39 is 0 Å². The van der Waals surface area contributed by atoms with Crippen LogP contribution in [0.2, 0.25) is 5.15 Å². The Balaban J connectivity index is 2.64. The van der Waals surface area contributed by atoms with E-state index in [1.807, 2.05) is 25.1 Å². The van der Waals surface area contributed by atoms with Crippen LogP contribution in [0.4, 0.5) is 5.95 Å². The maximum absolute atomic E-state index is 6.00. The van der Waals surface area contributed by atoms with Crippen LogP contribution in [0.25, 0.3) is 11.3 Å². The molecule has 0 aromatic carbocycles. The van der Waals surface area contributed by atoms with Crippen LogP contribution in [0.5, 0.6) is 0 Å². The van der Waals surface area contributed by atoms with Gasteiger partial charge in [-0.1, -0.05) is 17.7 Å². The van der Waals surface area contributed by atoms with Crippen LogP contribution < -0.4 is 5.73 Å². The molecule has 2 heterocycles. The van der Waals surface area contributed by atoms with E-state index in [9.17, 15) is 0 Å². The highest BCUT2D eigenvalue weighted by Gasteiger charge is 2.11. The molecule has 15 heavy (non-hydrogen) atoms. The molecule has 4 nitrogen and oxygen atoms in total. The highest BCUT2D eigenvalue weighted by molar-refractivity contribution is 6.32. The largest absolute Gasteiger partial charge is 0.368 e. The second-order valence-corrected chi connectivity index (χ2v) is 3.41. The number of aromatic nitrogens is 3. The summed E-state index contributed by atoms with van der Waals surface area (Å²) in [6.07, 6.45) is 1.70. The number of nitrogen functional groups attached to an aromatic ring is 1. The van der Waals surface area contributed by atoms with Gasteiger partial charge in [0.1, 0.15) is 5.15 Å². The van der Waals surface area contributed by atoms with Crippen molar-refractivity contribution in [3.8, 4) is 11.3 Å². The van der Waals surface area contributed by atoms with E-state index in [1.165, 1.54) is 0 Å². The molecule has 2 rings (SSSR count). The fourth-order valence-corrected chi connectivity index (χ4v) is 1.68. The summed E-state index contributed by atoms with van der Waals surface area (Å²) in [6, 6.07) is 5.58. The zero-order valence-electron chi connectivity index (χ0n) is 8.11. The minimum absolute atomic E-state index is 0.178. The first-order valence-corrected chi connectivity index (χ1v) is 4.77. The van der Waals surface area contributed by atoms with Crippen molar-refractivity contribution in [2.75, 3.05) is 5.73 Å². The summed E-state index contributed by atoms with van der Waals surface area (Å²) < 4.78 is 0. The molecule has 2 aromatic rings. The second kappa shape index (κ2) is 3.82. The van der Waals surface area contributed by atoms with Crippen LogP contribution in [-0.2, 0) is 0 Å². The van der Waals surface area contributed by atoms with Crippen LogP contribution in [0.15, 0.2) is 24.4 Å². The molecular weight excluding hydrogens is 212 g/mol. The van der Waals surface area contributed by atoms with E-state index in [-0.39, 0.29) is 5.95 Å². The Bertz CT molecular complexity index is 461. The standard InChI is InChI=1S/C10H9ClN4/c1-6-8(7-4-2-3-5-13-7)9(11)15-10(12)14-6/h2-5H,1H3,(H2,12,14,15). The number of rotatable bonds is 1. The highest BCUT2D eigenvalue weighted by Crippen LogP contribution is 2.27. The van der Waals surface area contributed by atoms with Crippen LogP contribution >= 0.6 is 11.6 Å². The summed E-state index contributed by atoms with van der Waals surface area (Å²) in [5, 5.41) is 0.332. The van der Waals surface area contributed by atoms with Gasteiger partial charge in [0.2, 0.25) is 5.95 Å². The molecule has 0 amide bonds. The van der Waals surface area contributed by atoms with Crippen molar-refractivity contribution in [1.29, 1.82) is 0 Å². The molecule has 76 valence electrons. The summed E-state index contributed by atoms with van der Waals surface area (Å²) in [5.74, 6) is 0.178. The molecule has 0 aliphatic carbocycles. The summed E-state index contributed by atoms with van der Waals surface area (Å²) in [6.45, 7) is 1.83. The Hall–Kier alpha value is -1.68. The Morgan fingerprint density at radius 3 is 2.67 bits per heavy atom. The zero-order valence-corrected chi connectivity index (χ0v) is 8.86. The van der Waals surface area contributed by atoms with Gasteiger partial charge in [0, 0.05) is 6.20 Å². The maximum Gasteiger partial charge on any atom is 0.221 e. The topological polar surface area (TPSA) is 64.7 Å². The molecule has 0 radical (unpaired) electrons. The predicted molar refractivity (Wildman–Crippen MR) is 59.4 cm³/mol. The molecule has 5 heteroatoms. The van der Waals surface area contributed by atoms with E-state index in [0.717, 1.165) is 17.0 Å². The van der Waals surface area contributed by atoms with Gasteiger partial charge in [-0.05, 0) is 19.1 Å². The summed E-state index contributed by atoms with van der Waals surface area (Å²) in [4.78, 5) is 12.2. The normalized spacial score (nSPS) is 10.3. The molecule has 2 N–H and O–H groups in total. The van der Waals surface area contributed by atoms with Gasteiger partial charge in [0.25, 0.3) is 0 Å². The van der Waals surface area contributed by atoms with Gasteiger partial charge in [-0.3, -0.25) is 4.98 Å². The number of halogens is 1. The van der Waals surface area contributed by atoms with E-state index in [0.29, 0.717) is 5.15 Å². The molecule has 0 aliphatic rings. The van der Waals surface area contributed by atoms with E-state index in [1.54, 1.807) is 6.20 Å². The monoisotopic (exact) mass is 220 g/mol. The molecule has 0 atom stereocenters. The first kappa shape index (κ1) is 9.86. The lowest BCUT2D eigenvalue weighted by Gasteiger charge is -2.06. The van der Waals surface area contributed by atoms with Gasteiger partial charge >= 0.3 is 0 Å². The van der Waals surface area contributed by atoms with Gasteiger partial charge in [0.05, 0.1) is 17.0 Å². The minimum atomic E-state index is 0.178. The molecule has 0 aliphatic heterocycles. The van der Waals surface area contributed by atoms with Crippen molar-refractivity contribution in [1.82, 2.24) is 15.0 Å². The SMILES string of the molecule is Cc1nc(N)nc(Cl)c1-c1ccccn1. The molecular formula is C10H9ClN4. The lowest BCUT2D eigenvalue weighted by Crippen LogP contribution is -2.00. The summed E-state index contributed by atoms with van der Waals surface area (Å²) in [7, 11) is 0. The number of anilines is 1. The smallest absolute Gasteiger partial charge is 0.221 e. The Labute approximate surface area is 92.2 Å². The highest BCUT2D eigenvalue weighted by atomic mass is 35.5. The third kappa shape index (κ3) is 1.89. The maximum atomic E-state index is 6.00. The first-order chi connectivity index (χ1) is 7.18. The third-order valence-electron chi connectivity index (χ3n) is 1.98. The Morgan fingerprint density at radius 1 is 1.27 bits per heavy atom. The lowest BCUT2D eigenvalue weighted by molar-refractivity contribution is 1.11. The molecule has 0 fully saturated rings. The number of hydrogen-bond donors (Lipinski definition) is 1. The third-order valence-corrected chi connectivity index (χ3v) is 2.26. The van der Waals surface area contributed by atoms with Crippen molar-refractivity contribution in [2.45, 2.75) is 6.92 Å². The van der Waals surface area contributed by atoms with Gasteiger partial charge in [-0.15, -0.1) is 0 Å². The number of aryl methyl sites for hydroxylation is 1. The average Bonchev–Trinajstić information content (AvgIpc) is 2.17. The van der Waals surface area contributed by atoms with Crippen LogP contribution in [0.1, 0.15) is 5.69 Å². The minimum Gasteiger partial charge on any atom is -0.368 e. The van der Waals surface area contributed by atoms with Crippen molar-refractivity contribution in [2.24, 2.45) is 0 Å². The molecule has 0 saturated heterocycles. The van der Waals surface area contributed by atoms with Gasteiger partial charge in [-0.2, -0.15) is 0 Å². The fraction of sp³-hybridized carbons (Fsp3) is 0.100. The van der Waals surface area contributed by atoms with Crippen LogP contribution in [-0.4, -0.2) is 15.0 Å². The molecule has 0 bridgehead atoms. The van der Waals surface area contributed by atoms with Crippen molar-refractivity contribution in [3.63, 3.8) is 0 Å². The average molecular weight is 221 g/mol. The molecule has 0 saturated carbocycles. The zero-order chi connectivity index (χ0) is 10.8. The van der Waals surface area contributed by atoms with Crippen LogP contribution in [0.3, 0.4) is 0 Å². The molecule has 0 spiro atoms. The van der Waals surface area contributed by atoms with Crippen molar-refractivity contribution in [3.05, 3.63) is 35.2 Å². The number of pyridine rings is 1. The lowest BCUT2D eigenvalue weighted by atomic mass is 10.1. The van der Waals surface area contributed by atoms with Gasteiger partial charge < -0.3 is 5.73 Å². The van der Waals surface area contributed by atoms with E-state index in [2.05, 4.69) is 15.0 Å². The van der Waals surface area contributed by atoms with Crippen molar-refractivity contribution >= 4 is 17.5 Å². The number of nitrogens with two attached hydrogens (primary N) is 1.